The van der Waals surface area contributed by atoms with Crippen LogP contribution in [0.4, 0.5) is 5.69 Å². The van der Waals surface area contributed by atoms with Gasteiger partial charge in [0.15, 0.2) is 0 Å². The highest BCUT2D eigenvalue weighted by Gasteiger charge is 2.30. The third kappa shape index (κ3) is 3.01. The van der Waals surface area contributed by atoms with Crippen molar-refractivity contribution >= 4 is 5.69 Å². The second-order valence-corrected chi connectivity index (χ2v) is 7.08. The first kappa shape index (κ1) is 13.9. The van der Waals surface area contributed by atoms with E-state index in [2.05, 4.69) is 55.3 Å². The van der Waals surface area contributed by atoms with Crippen molar-refractivity contribution in [3.8, 4) is 0 Å². The van der Waals surface area contributed by atoms with Crippen molar-refractivity contribution in [2.45, 2.75) is 52.1 Å². The molecule has 1 saturated carbocycles. The Morgan fingerprint density at radius 2 is 2.00 bits per heavy atom. The number of fused-ring (bicyclic) bond motifs is 1. The molecule has 0 amide bonds. The smallest absolute Gasteiger partial charge is 0.0437 e. The largest absolute Gasteiger partial charge is 0.367 e. The fourth-order valence-corrected chi connectivity index (χ4v) is 3.43. The van der Waals surface area contributed by atoms with Crippen molar-refractivity contribution in [3.05, 3.63) is 29.8 Å². The van der Waals surface area contributed by atoms with Gasteiger partial charge in [-0.3, -0.25) is 0 Å². The summed E-state index contributed by atoms with van der Waals surface area (Å²) in [5.74, 6) is 1.44. The Balaban J connectivity index is 1.81. The molecule has 1 aliphatic carbocycles. The van der Waals surface area contributed by atoms with Crippen LogP contribution in [0.5, 0.6) is 0 Å². The third-order valence-corrected chi connectivity index (χ3v) is 4.74. The molecule has 1 aromatic carbocycles. The van der Waals surface area contributed by atoms with Crippen molar-refractivity contribution in [2.75, 3.05) is 18.0 Å². The van der Waals surface area contributed by atoms with E-state index in [1.54, 1.807) is 0 Å². The van der Waals surface area contributed by atoms with Gasteiger partial charge in [0, 0.05) is 30.9 Å². The lowest BCUT2D eigenvalue weighted by molar-refractivity contribution is 0.391. The predicted molar refractivity (Wildman–Crippen MR) is 86.3 cm³/mol. The summed E-state index contributed by atoms with van der Waals surface area (Å²) in [6, 6.07) is 10.4. The van der Waals surface area contributed by atoms with Crippen molar-refractivity contribution in [1.82, 2.24) is 5.32 Å². The quantitative estimate of drug-likeness (QED) is 0.883. The van der Waals surface area contributed by atoms with E-state index in [0.717, 1.165) is 18.5 Å². The molecule has 0 bridgehead atoms. The highest BCUT2D eigenvalue weighted by atomic mass is 15.2. The molecular formula is C18H28N2. The SMILES string of the molecule is CC1Cc2ccccc2N(C(CNC2CC2)C(C)C)C1. The zero-order valence-electron chi connectivity index (χ0n) is 13.1. The van der Waals surface area contributed by atoms with Crippen LogP contribution in [0.1, 0.15) is 39.2 Å². The normalized spacial score (nSPS) is 23.8. The third-order valence-electron chi connectivity index (χ3n) is 4.74. The lowest BCUT2D eigenvalue weighted by atomic mass is 9.90. The van der Waals surface area contributed by atoms with E-state index in [1.165, 1.54) is 37.1 Å². The van der Waals surface area contributed by atoms with Gasteiger partial charge in [0.25, 0.3) is 0 Å². The molecule has 0 spiro atoms. The number of anilines is 1. The van der Waals surface area contributed by atoms with E-state index in [0.29, 0.717) is 12.0 Å². The Labute approximate surface area is 123 Å². The van der Waals surface area contributed by atoms with Crippen molar-refractivity contribution in [1.29, 1.82) is 0 Å². The van der Waals surface area contributed by atoms with Crippen LogP contribution >= 0.6 is 0 Å². The molecule has 20 heavy (non-hydrogen) atoms. The minimum absolute atomic E-state index is 0.611. The summed E-state index contributed by atoms with van der Waals surface area (Å²) in [5, 5.41) is 3.74. The molecule has 1 aliphatic heterocycles. The number of hydrogen-bond donors (Lipinski definition) is 1. The van der Waals surface area contributed by atoms with Gasteiger partial charge in [-0.2, -0.15) is 0 Å². The van der Waals surface area contributed by atoms with Gasteiger partial charge >= 0.3 is 0 Å². The molecular weight excluding hydrogens is 244 g/mol. The van der Waals surface area contributed by atoms with Crippen molar-refractivity contribution < 1.29 is 0 Å². The monoisotopic (exact) mass is 272 g/mol. The first-order chi connectivity index (χ1) is 9.65. The summed E-state index contributed by atoms with van der Waals surface area (Å²) >= 11 is 0. The first-order valence-corrected chi connectivity index (χ1v) is 8.23. The van der Waals surface area contributed by atoms with Crippen LogP contribution in [-0.4, -0.2) is 25.2 Å². The highest BCUT2D eigenvalue weighted by Crippen LogP contribution is 2.32. The van der Waals surface area contributed by atoms with E-state index in [9.17, 15) is 0 Å². The zero-order valence-corrected chi connectivity index (χ0v) is 13.1. The van der Waals surface area contributed by atoms with E-state index in [1.807, 2.05) is 0 Å². The molecule has 2 unspecified atom stereocenters. The molecule has 2 atom stereocenters. The fourth-order valence-electron chi connectivity index (χ4n) is 3.43. The number of hydrogen-bond acceptors (Lipinski definition) is 2. The minimum atomic E-state index is 0.611. The lowest BCUT2D eigenvalue weighted by Gasteiger charge is -2.42. The van der Waals surface area contributed by atoms with Gasteiger partial charge in [-0.15, -0.1) is 0 Å². The Kier molecular flexibility index (Phi) is 4.02. The first-order valence-electron chi connectivity index (χ1n) is 8.23. The molecule has 0 radical (unpaired) electrons. The summed E-state index contributed by atoms with van der Waals surface area (Å²) in [6.45, 7) is 9.44. The minimum Gasteiger partial charge on any atom is -0.367 e. The maximum Gasteiger partial charge on any atom is 0.0437 e. The summed E-state index contributed by atoms with van der Waals surface area (Å²) in [4.78, 5) is 2.67. The summed E-state index contributed by atoms with van der Waals surface area (Å²) < 4.78 is 0. The Bertz CT molecular complexity index is 450. The van der Waals surface area contributed by atoms with E-state index < -0.39 is 0 Å². The standard InChI is InChI=1S/C18H28N2/c1-13(2)18(11-19-16-8-9-16)20-12-14(3)10-15-6-4-5-7-17(15)20/h4-7,13-14,16,18-19H,8-12H2,1-3H3. The van der Waals surface area contributed by atoms with Gasteiger partial charge in [0.2, 0.25) is 0 Å². The maximum absolute atomic E-state index is 3.74. The van der Waals surface area contributed by atoms with Crippen LogP contribution in [-0.2, 0) is 6.42 Å². The van der Waals surface area contributed by atoms with Gasteiger partial charge in [-0.1, -0.05) is 39.0 Å². The average molecular weight is 272 g/mol. The molecule has 2 heteroatoms. The summed E-state index contributed by atoms with van der Waals surface area (Å²) in [6.07, 6.45) is 3.98. The van der Waals surface area contributed by atoms with Gasteiger partial charge in [-0.25, -0.2) is 0 Å². The van der Waals surface area contributed by atoms with Crippen LogP contribution < -0.4 is 10.2 Å². The highest BCUT2D eigenvalue weighted by molar-refractivity contribution is 5.56. The van der Waals surface area contributed by atoms with Crippen LogP contribution in [0.2, 0.25) is 0 Å². The zero-order chi connectivity index (χ0) is 14.1. The second kappa shape index (κ2) is 5.77. The van der Waals surface area contributed by atoms with Crippen LogP contribution in [0.3, 0.4) is 0 Å². The van der Waals surface area contributed by atoms with E-state index in [4.69, 9.17) is 0 Å². The van der Waals surface area contributed by atoms with E-state index >= 15 is 0 Å². The molecule has 1 aromatic rings. The molecule has 110 valence electrons. The van der Waals surface area contributed by atoms with Crippen LogP contribution in [0.15, 0.2) is 24.3 Å². The van der Waals surface area contributed by atoms with Gasteiger partial charge in [-0.05, 0) is 42.7 Å². The molecule has 0 aromatic heterocycles. The molecule has 3 rings (SSSR count). The lowest BCUT2D eigenvalue weighted by Crippen LogP contribution is -2.50. The van der Waals surface area contributed by atoms with Crippen molar-refractivity contribution in [3.63, 3.8) is 0 Å². The fraction of sp³-hybridized carbons (Fsp3) is 0.667. The topological polar surface area (TPSA) is 15.3 Å². The summed E-state index contributed by atoms with van der Waals surface area (Å²) in [5.41, 5.74) is 3.00. The Morgan fingerprint density at radius 1 is 1.25 bits per heavy atom. The number of rotatable bonds is 5. The second-order valence-electron chi connectivity index (χ2n) is 7.08. The van der Waals surface area contributed by atoms with Gasteiger partial charge in [0.1, 0.15) is 0 Å². The van der Waals surface area contributed by atoms with Crippen LogP contribution in [0, 0.1) is 11.8 Å². The number of nitrogens with one attached hydrogen (secondary N) is 1. The predicted octanol–water partition coefficient (Wildman–Crippen LogP) is 3.46. The number of benzene rings is 1. The van der Waals surface area contributed by atoms with Gasteiger partial charge in [0.05, 0.1) is 0 Å². The molecule has 1 fully saturated rings. The van der Waals surface area contributed by atoms with Crippen LogP contribution in [0.25, 0.3) is 0 Å². The van der Waals surface area contributed by atoms with E-state index in [-0.39, 0.29) is 0 Å². The molecule has 0 saturated heterocycles. The number of para-hydroxylation sites is 1. The molecule has 1 heterocycles. The number of nitrogens with zero attached hydrogens (tertiary/aromatic N) is 1. The summed E-state index contributed by atoms with van der Waals surface area (Å²) in [7, 11) is 0. The molecule has 2 nitrogen and oxygen atoms in total. The maximum atomic E-state index is 3.74. The average Bonchev–Trinajstić information content (AvgIpc) is 3.22. The Morgan fingerprint density at radius 3 is 2.70 bits per heavy atom. The van der Waals surface area contributed by atoms with Crippen molar-refractivity contribution in [2.24, 2.45) is 11.8 Å². The Hall–Kier alpha value is -1.02. The molecule has 1 N–H and O–H groups in total. The molecule has 2 aliphatic rings. The van der Waals surface area contributed by atoms with Gasteiger partial charge < -0.3 is 10.2 Å².